The third-order valence-corrected chi connectivity index (χ3v) is 3.28. The van der Waals surface area contributed by atoms with E-state index in [1.165, 1.54) is 25.1 Å². The van der Waals surface area contributed by atoms with Gasteiger partial charge in [0.2, 0.25) is 0 Å². The maximum atomic E-state index is 13.5. The fourth-order valence-electron chi connectivity index (χ4n) is 1.72. The third kappa shape index (κ3) is 4.19. The number of nitrogens with one attached hydrogen (secondary N) is 2. The van der Waals surface area contributed by atoms with E-state index >= 15 is 0 Å². The van der Waals surface area contributed by atoms with Crippen molar-refractivity contribution in [2.24, 2.45) is 0 Å². The Kier molecular flexibility index (Phi) is 5.50. The second kappa shape index (κ2) is 6.69. The monoisotopic (exact) mass is 346 g/mol. The molecule has 0 aromatic heterocycles. The molecule has 110 valence electrons. The number of halogens is 2. The van der Waals surface area contributed by atoms with Gasteiger partial charge < -0.3 is 15.7 Å². The number of carbonyl (C=O) groups excluding carboxylic acids is 1. The average molecular weight is 347 g/mol. The molecule has 5 nitrogen and oxygen atoms in total. The first-order valence-electron chi connectivity index (χ1n) is 6.06. The van der Waals surface area contributed by atoms with E-state index in [0.29, 0.717) is 10.9 Å². The van der Waals surface area contributed by atoms with E-state index in [2.05, 4.69) is 26.6 Å². The molecular formula is C13H16BrFN2O3. The summed E-state index contributed by atoms with van der Waals surface area (Å²) in [4.78, 5) is 23.0. The summed E-state index contributed by atoms with van der Waals surface area (Å²) in [5.41, 5.74) is -1.41. The van der Waals surface area contributed by atoms with Crippen LogP contribution >= 0.6 is 15.9 Å². The van der Waals surface area contributed by atoms with Crippen molar-refractivity contribution in [2.75, 3.05) is 5.32 Å². The van der Waals surface area contributed by atoms with Gasteiger partial charge in [-0.25, -0.2) is 14.0 Å². The minimum absolute atomic E-state index is 0.0267. The summed E-state index contributed by atoms with van der Waals surface area (Å²) >= 11 is 3.16. The summed E-state index contributed by atoms with van der Waals surface area (Å²) in [5.74, 6) is -1.74. The number of carboxylic acid groups (broad SMARTS) is 1. The number of urea groups is 1. The van der Waals surface area contributed by atoms with E-state index in [1.807, 2.05) is 6.92 Å². The van der Waals surface area contributed by atoms with E-state index in [-0.39, 0.29) is 12.1 Å². The molecule has 0 heterocycles. The molecule has 7 heteroatoms. The van der Waals surface area contributed by atoms with Crippen LogP contribution in [0.2, 0.25) is 0 Å². The molecule has 2 amide bonds. The first-order chi connectivity index (χ1) is 9.28. The van der Waals surface area contributed by atoms with Gasteiger partial charge in [-0.3, -0.25) is 0 Å². The van der Waals surface area contributed by atoms with Crippen LogP contribution in [-0.2, 0) is 4.79 Å². The Morgan fingerprint density at radius 1 is 1.45 bits per heavy atom. The fraction of sp³-hybridized carbons (Fsp3) is 0.385. The van der Waals surface area contributed by atoms with Gasteiger partial charge in [0.1, 0.15) is 11.4 Å². The van der Waals surface area contributed by atoms with Crippen molar-refractivity contribution in [3.63, 3.8) is 0 Å². The lowest BCUT2D eigenvalue weighted by Gasteiger charge is -2.25. The quantitative estimate of drug-likeness (QED) is 0.764. The van der Waals surface area contributed by atoms with Gasteiger partial charge in [0.25, 0.3) is 0 Å². The summed E-state index contributed by atoms with van der Waals surface area (Å²) < 4.78 is 14.1. The first-order valence-corrected chi connectivity index (χ1v) is 6.85. The van der Waals surface area contributed by atoms with Gasteiger partial charge in [-0.1, -0.05) is 29.3 Å². The third-order valence-electron chi connectivity index (χ3n) is 2.79. The van der Waals surface area contributed by atoms with Crippen LogP contribution < -0.4 is 10.6 Å². The van der Waals surface area contributed by atoms with Crippen LogP contribution in [0, 0.1) is 5.82 Å². The lowest BCUT2D eigenvalue weighted by Crippen LogP contribution is -2.53. The molecule has 0 saturated carbocycles. The zero-order valence-electron chi connectivity index (χ0n) is 11.2. The van der Waals surface area contributed by atoms with Gasteiger partial charge in [0.05, 0.1) is 5.69 Å². The van der Waals surface area contributed by atoms with Crippen LogP contribution in [-0.4, -0.2) is 22.6 Å². The van der Waals surface area contributed by atoms with Gasteiger partial charge in [-0.05, 0) is 31.5 Å². The molecular weight excluding hydrogens is 331 g/mol. The molecule has 0 aliphatic carbocycles. The predicted octanol–water partition coefficient (Wildman–Crippen LogP) is 3.35. The Balaban J connectivity index is 2.81. The molecule has 1 aromatic rings. The van der Waals surface area contributed by atoms with Crippen LogP contribution in [0.15, 0.2) is 22.7 Å². The lowest BCUT2D eigenvalue weighted by molar-refractivity contribution is -0.143. The van der Waals surface area contributed by atoms with Crippen molar-refractivity contribution in [2.45, 2.75) is 32.2 Å². The molecule has 0 fully saturated rings. The molecule has 0 spiro atoms. The van der Waals surface area contributed by atoms with E-state index < -0.39 is 23.4 Å². The van der Waals surface area contributed by atoms with Gasteiger partial charge in [0.15, 0.2) is 0 Å². The lowest BCUT2D eigenvalue weighted by atomic mass is 9.97. The van der Waals surface area contributed by atoms with Crippen molar-refractivity contribution < 1.29 is 19.1 Å². The molecule has 0 radical (unpaired) electrons. The fourth-order valence-corrected chi connectivity index (χ4v) is 2.08. The molecule has 0 aliphatic heterocycles. The Morgan fingerprint density at radius 3 is 2.65 bits per heavy atom. The number of aliphatic carboxylic acids is 1. The van der Waals surface area contributed by atoms with E-state index in [4.69, 9.17) is 5.11 Å². The maximum absolute atomic E-state index is 13.5. The molecule has 1 rings (SSSR count). The minimum Gasteiger partial charge on any atom is -0.480 e. The van der Waals surface area contributed by atoms with Gasteiger partial charge in [0, 0.05) is 4.47 Å². The van der Waals surface area contributed by atoms with E-state index in [9.17, 15) is 14.0 Å². The summed E-state index contributed by atoms with van der Waals surface area (Å²) in [6, 6.07) is 3.33. The van der Waals surface area contributed by atoms with Crippen molar-refractivity contribution >= 4 is 33.6 Å². The van der Waals surface area contributed by atoms with Gasteiger partial charge >= 0.3 is 12.0 Å². The molecule has 0 saturated heterocycles. The van der Waals surface area contributed by atoms with Crippen LogP contribution in [0.3, 0.4) is 0 Å². The summed E-state index contributed by atoms with van der Waals surface area (Å²) in [5, 5.41) is 13.8. The predicted molar refractivity (Wildman–Crippen MR) is 77.2 cm³/mol. The number of hydrogen-bond acceptors (Lipinski definition) is 2. The van der Waals surface area contributed by atoms with E-state index in [0.717, 1.165) is 0 Å². The highest BCUT2D eigenvalue weighted by atomic mass is 79.9. The number of benzene rings is 1. The average Bonchev–Trinajstić information content (AvgIpc) is 2.33. The van der Waals surface area contributed by atoms with Crippen molar-refractivity contribution in [3.8, 4) is 0 Å². The Bertz CT molecular complexity index is 524. The zero-order chi connectivity index (χ0) is 15.3. The zero-order valence-corrected chi connectivity index (χ0v) is 12.8. The molecule has 20 heavy (non-hydrogen) atoms. The number of carboxylic acids is 1. The molecule has 1 unspecified atom stereocenters. The SMILES string of the molecule is CCCC(C)(NC(=O)Nc1cc(Br)ccc1F)C(=O)O. The molecule has 3 N–H and O–H groups in total. The Labute approximate surface area is 124 Å². The highest BCUT2D eigenvalue weighted by Crippen LogP contribution is 2.20. The Morgan fingerprint density at radius 2 is 2.10 bits per heavy atom. The number of rotatable bonds is 5. The highest BCUT2D eigenvalue weighted by molar-refractivity contribution is 9.10. The summed E-state index contributed by atoms with van der Waals surface area (Å²) in [6.45, 7) is 3.23. The second-order valence-electron chi connectivity index (χ2n) is 4.59. The number of carbonyl (C=O) groups is 2. The number of hydrogen-bond donors (Lipinski definition) is 3. The number of amides is 2. The van der Waals surface area contributed by atoms with Crippen LogP contribution in [0.5, 0.6) is 0 Å². The van der Waals surface area contributed by atoms with Crippen LogP contribution in [0.1, 0.15) is 26.7 Å². The largest absolute Gasteiger partial charge is 0.480 e. The maximum Gasteiger partial charge on any atom is 0.329 e. The molecule has 0 bridgehead atoms. The van der Waals surface area contributed by atoms with Gasteiger partial charge in [-0.15, -0.1) is 0 Å². The van der Waals surface area contributed by atoms with Crippen molar-refractivity contribution in [3.05, 3.63) is 28.5 Å². The standard InChI is InChI=1S/C13H16BrFN2O3/c1-3-6-13(2,11(18)19)17-12(20)16-10-7-8(14)4-5-9(10)15/h4-5,7H,3,6H2,1-2H3,(H,18,19)(H2,16,17,20). The van der Waals surface area contributed by atoms with Crippen molar-refractivity contribution in [1.29, 1.82) is 0 Å². The summed E-state index contributed by atoms with van der Waals surface area (Å²) in [6.07, 6.45) is 0.866. The molecule has 1 aromatic carbocycles. The normalized spacial score (nSPS) is 13.4. The highest BCUT2D eigenvalue weighted by Gasteiger charge is 2.33. The van der Waals surface area contributed by atoms with Crippen molar-refractivity contribution in [1.82, 2.24) is 5.32 Å². The van der Waals surface area contributed by atoms with E-state index in [1.54, 1.807) is 0 Å². The second-order valence-corrected chi connectivity index (χ2v) is 5.51. The van der Waals surface area contributed by atoms with Gasteiger partial charge in [-0.2, -0.15) is 0 Å². The Hall–Kier alpha value is -1.63. The topological polar surface area (TPSA) is 78.4 Å². The molecule has 0 aliphatic rings. The van der Waals surface area contributed by atoms with Crippen LogP contribution in [0.4, 0.5) is 14.9 Å². The summed E-state index contributed by atoms with van der Waals surface area (Å²) in [7, 11) is 0. The first kappa shape index (κ1) is 16.4. The molecule has 1 atom stereocenters. The minimum atomic E-state index is -1.39. The number of anilines is 1. The smallest absolute Gasteiger partial charge is 0.329 e. The van der Waals surface area contributed by atoms with Crippen LogP contribution in [0.25, 0.3) is 0 Å².